The van der Waals surface area contributed by atoms with E-state index in [1.807, 2.05) is 6.07 Å². The molecular weight excluding hydrogens is 283 g/mol. The molecule has 2 N–H and O–H groups in total. The summed E-state index contributed by atoms with van der Waals surface area (Å²) in [6, 6.07) is 5.13. The number of piperidine rings is 1. The zero-order valence-electron chi connectivity index (χ0n) is 9.83. The number of rotatable bonds is 3. The van der Waals surface area contributed by atoms with Gasteiger partial charge in [-0.25, -0.2) is 4.39 Å². The molecule has 4 heteroatoms. The highest BCUT2D eigenvalue weighted by Gasteiger charge is 2.20. The van der Waals surface area contributed by atoms with Crippen LogP contribution in [0.25, 0.3) is 0 Å². The minimum absolute atomic E-state index is 0.130. The lowest BCUT2D eigenvalue weighted by atomic mass is 9.98. The van der Waals surface area contributed by atoms with Crippen LogP contribution in [0.4, 0.5) is 4.39 Å². The van der Waals surface area contributed by atoms with Crippen molar-refractivity contribution in [1.82, 2.24) is 4.90 Å². The van der Waals surface area contributed by atoms with Crippen molar-refractivity contribution in [3.8, 4) is 0 Å². The van der Waals surface area contributed by atoms with Crippen LogP contribution in [-0.2, 0) is 6.54 Å². The van der Waals surface area contributed by atoms with Crippen molar-refractivity contribution in [3.63, 3.8) is 0 Å². The van der Waals surface area contributed by atoms with Gasteiger partial charge in [0.15, 0.2) is 0 Å². The Bertz CT molecular complexity index is 363. The van der Waals surface area contributed by atoms with Gasteiger partial charge in [0.25, 0.3) is 0 Å². The minimum atomic E-state index is -0.130. The van der Waals surface area contributed by atoms with Crippen LogP contribution >= 0.6 is 15.9 Å². The topological polar surface area (TPSA) is 29.3 Å². The Labute approximate surface area is 110 Å². The van der Waals surface area contributed by atoms with Crippen molar-refractivity contribution in [1.29, 1.82) is 0 Å². The minimum Gasteiger partial charge on any atom is -0.330 e. The van der Waals surface area contributed by atoms with Gasteiger partial charge in [0.1, 0.15) is 5.82 Å². The summed E-state index contributed by atoms with van der Waals surface area (Å²) in [4.78, 5) is 2.30. The molecule has 0 saturated carbocycles. The predicted molar refractivity (Wildman–Crippen MR) is 71.2 cm³/mol. The number of hydrogen-bond acceptors (Lipinski definition) is 2. The summed E-state index contributed by atoms with van der Waals surface area (Å²) in [6.07, 6.45) is 2.36. The quantitative estimate of drug-likeness (QED) is 0.930. The monoisotopic (exact) mass is 300 g/mol. The summed E-state index contributed by atoms with van der Waals surface area (Å²) < 4.78 is 14.6. The Morgan fingerprint density at radius 3 is 3.00 bits per heavy atom. The molecule has 1 aliphatic rings. The normalized spacial score (nSPS) is 21.7. The fourth-order valence-corrected chi connectivity index (χ4v) is 2.86. The van der Waals surface area contributed by atoms with E-state index in [0.717, 1.165) is 36.1 Å². The van der Waals surface area contributed by atoms with Crippen molar-refractivity contribution < 1.29 is 4.39 Å². The Kier molecular flexibility index (Phi) is 4.54. The molecule has 0 bridgehead atoms. The standard InChI is InChI=1S/C13H18BrFN2/c14-12-4-1-5-13(15)11(12)9-17-6-2-3-10(7-16)8-17/h1,4-5,10H,2-3,6-9,16H2. The van der Waals surface area contributed by atoms with Crippen LogP contribution in [0.5, 0.6) is 0 Å². The Balaban J connectivity index is 2.05. The lowest BCUT2D eigenvalue weighted by molar-refractivity contribution is 0.169. The van der Waals surface area contributed by atoms with Crippen LogP contribution in [0.2, 0.25) is 0 Å². The van der Waals surface area contributed by atoms with E-state index in [4.69, 9.17) is 5.73 Å². The first-order valence-electron chi connectivity index (χ1n) is 6.06. The summed E-state index contributed by atoms with van der Waals surface area (Å²) in [5.41, 5.74) is 6.46. The number of likely N-dealkylation sites (tertiary alicyclic amines) is 1. The van der Waals surface area contributed by atoms with Crippen molar-refractivity contribution >= 4 is 15.9 Å². The van der Waals surface area contributed by atoms with Crippen molar-refractivity contribution in [2.45, 2.75) is 19.4 Å². The summed E-state index contributed by atoms with van der Waals surface area (Å²) in [7, 11) is 0. The molecule has 1 heterocycles. The average Bonchev–Trinajstić information content (AvgIpc) is 2.34. The van der Waals surface area contributed by atoms with Gasteiger partial charge >= 0.3 is 0 Å². The van der Waals surface area contributed by atoms with E-state index in [2.05, 4.69) is 20.8 Å². The molecule has 1 aromatic carbocycles. The highest BCUT2D eigenvalue weighted by molar-refractivity contribution is 9.10. The Hall–Kier alpha value is -0.450. The van der Waals surface area contributed by atoms with Gasteiger partial charge in [-0.3, -0.25) is 4.90 Å². The second kappa shape index (κ2) is 5.94. The molecule has 94 valence electrons. The smallest absolute Gasteiger partial charge is 0.128 e. The molecule has 17 heavy (non-hydrogen) atoms. The number of benzene rings is 1. The van der Waals surface area contributed by atoms with E-state index >= 15 is 0 Å². The fourth-order valence-electron chi connectivity index (χ4n) is 2.39. The van der Waals surface area contributed by atoms with Gasteiger partial charge in [0, 0.05) is 23.1 Å². The van der Waals surface area contributed by atoms with E-state index < -0.39 is 0 Å². The Morgan fingerprint density at radius 1 is 1.47 bits per heavy atom. The van der Waals surface area contributed by atoms with Crippen LogP contribution in [0.1, 0.15) is 18.4 Å². The fraction of sp³-hybridized carbons (Fsp3) is 0.538. The van der Waals surface area contributed by atoms with Crippen LogP contribution in [0.15, 0.2) is 22.7 Å². The number of nitrogens with zero attached hydrogens (tertiary/aromatic N) is 1. The van der Waals surface area contributed by atoms with Gasteiger partial charge in [0.05, 0.1) is 0 Å². The van der Waals surface area contributed by atoms with Crippen molar-refractivity contribution in [3.05, 3.63) is 34.1 Å². The van der Waals surface area contributed by atoms with Crippen LogP contribution in [0.3, 0.4) is 0 Å². The van der Waals surface area contributed by atoms with Gasteiger partial charge in [-0.2, -0.15) is 0 Å². The molecule has 0 aliphatic carbocycles. The third-order valence-electron chi connectivity index (χ3n) is 3.38. The molecule has 0 spiro atoms. The number of nitrogens with two attached hydrogens (primary N) is 1. The van der Waals surface area contributed by atoms with Gasteiger partial charge in [-0.05, 0) is 44.0 Å². The molecule has 1 unspecified atom stereocenters. The van der Waals surface area contributed by atoms with E-state index in [0.29, 0.717) is 12.5 Å². The molecule has 2 nitrogen and oxygen atoms in total. The average molecular weight is 301 g/mol. The highest BCUT2D eigenvalue weighted by Crippen LogP contribution is 2.24. The summed E-state index contributed by atoms with van der Waals surface area (Å²) in [5, 5.41) is 0. The molecule has 2 rings (SSSR count). The molecule has 0 aromatic heterocycles. The lowest BCUT2D eigenvalue weighted by Crippen LogP contribution is -2.38. The molecule has 1 aromatic rings. The largest absolute Gasteiger partial charge is 0.330 e. The zero-order chi connectivity index (χ0) is 12.3. The molecule has 1 saturated heterocycles. The van der Waals surface area contributed by atoms with Crippen LogP contribution in [0, 0.1) is 11.7 Å². The maximum Gasteiger partial charge on any atom is 0.128 e. The van der Waals surface area contributed by atoms with Gasteiger partial charge in [-0.15, -0.1) is 0 Å². The lowest BCUT2D eigenvalue weighted by Gasteiger charge is -2.32. The molecule has 0 radical (unpaired) electrons. The van der Waals surface area contributed by atoms with Crippen LogP contribution in [-0.4, -0.2) is 24.5 Å². The maximum atomic E-state index is 13.7. The van der Waals surface area contributed by atoms with E-state index in [-0.39, 0.29) is 5.82 Å². The maximum absolute atomic E-state index is 13.7. The third-order valence-corrected chi connectivity index (χ3v) is 4.12. The van der Waals surface area contributed by atoms with E-state index in [1.165, 1.54) is 12.5 Å². The molecule has 1 aliphatic heterocycles. The third kappa shape index (κ3) is 3.27. The molecular formula is C13H18BrFN2. The van der Waals surface area contributed by atoms with Crippen molar-refractivity contribution in [2.75, 3.05) is 19.6 Å². The van der Waals surface area contributed by atoms with Gasteiger partial charge < -0.3 is 5.73 Å². The summed E-state index contributed by atoms with van der Waals surface area (Å²) >= 11 is 3.41. The molecule has 0 amide bonds. The molecule has 1 fully saturated rings. The summed E-state index contributed by atoms with van der Waals surface area (Å²) in [6.45, 7) is 3.42. The first-order chi connectivity index (χ1) is 8.20. The first-order valence-corrected chi connectivity index (χ1v) is 6.85. The molecule has 1 atom stereocenters. The summed E-state index contributed by atoms with van der Waals surface area (Å²) in [5.74, 6) is 0.434. The second-order valence-electron chi connectivity index (χ2n) is 4.68. The van der Waals surface area contributed by atoms with E-state index in [1.54, 1.807) is 6.07 Å². The predicted octanol–water partition coefficient (Wildman–Crippen LogP) is 2.76. The zero-order valence-corrected chi connectivity index (χ0v) is 11.4. The van der Waals surface area contributed by atoms with Gasteiger partial charge in [-0.1, -0.05) is 22.0 Å². The highest BCUT2D eigenvalue weighted by atomic mass is 79.9. The number of halogens is 2. The second-order valence-corrected chi connectivity index (χ2v) is 5.53. The number of hydrogen-bond donors (Lipinski definition) is 1. The SMILES string of the molecule is NCC1CCCN(Cc2c(F)cccc2Br)C1. The Morgan fingerprint density at radius 2 is 2.29 bits per heavy atom. The van der Waals surface area contributed by atoms with Crippen molar-refractivity contribution in [2.24, 2.45) is 11.7 Å². The first kappa shape index (κ1) is 13.0. The van der Waals surface area contributed by atoms with Crippen LogP contribution < -0.4 is 5.73 Å². The van der Waals surface area contributed by atoms with E-state index in [9.17, 15) is 4.39 Å². The van der Waals surface area contributed by atoms with Gasteiger partial charge in [0.2, 0.25) is 0 Å².